The maximum Gasteiger partial charge on any atom is 0.243 e. The summed E-state index contributed by atoms with van der Waals surface area (Å²) in [5.41, 5.74) is 1.92. The first kappa shape index (κ1) is 15.8. The van der Waals surface area contributed by atoms with Crippen LogP contribution in [0.5, 0.6) is 0 Å². The summed E-state index contributed by atoms with van der Waals surface area (Å²) in [6.07, 6.45) is 3.87. The minimum atomic E-state index is -3.38. The zero-order chi connectivity index (χ0) is 14.8. The van der Waals surface area contributed by atoms with Gasteiger partial charge < -0.3 is 0 Å². The largest absolute Gasteiger partial charge is 0.243 e. The summed E-state index contributed by atoms with van der Waals surface area (Å²) in [5, 5.41) is 0. The summed E-state index contributed by atoms with van der Waals surface area (Å²) >= 11 is 5.88. The van der Waals surface area contributed by atoms with Crippen LogP contribution in [-0.2, 0) is 15.9 Å². The van der Waals surface area contributed by atoms with Gasteiger partial charge in [-0.1, -0.05) is 19.4 Å². The number of halogens is 1. The van der Waals surface area contributed by atoms with Crippen molar-refractivity contribution < 1.29 is 8.42 Å². The lowest BCUT2D eigenvalue weighted by Crippen LogP contribution is -2.34. The third kappa shape index (κ3) is 3.35. The summed E-state index contributed by atoms with van der Waals surface area (Å²) in [5.74, 6) is 0.341. The van der Waals surface area contributed by atoms with Crippen molar-refractivity contribution in [2.24, 2.45) is 0 Å². The van der Waals surface area contributed by atoms with Gasteiger partial charge in [0.2, 0.25) is 10.0 Å². The number of nitrogens with zero attached hydrogens (tertiary/aromatic N) is 1. The van der Waals surface area contributed by atoms with Gasteiger partial charge in [-0.15, -0.1) is 11.6 Å². The molecule has 0 heterocycles. The normalized spacial score (nSPS) is 15.8. The average Bonchev–Trinajstić information content (AvgIpc) is 3.24. The number of alkyl halides is 1. The number of rotatable bonds is 7. The van der Waals surface area contributed by atoms with Gasteiger partial charge in [0, 0.05) is 18.5 Å². The van der Waals surface area contributed by atoms with Crippen LogP contribution in [0.3, 0.4) is 0 Å². The second kappa shape index (κ2) is 6.46. The first-order chi connectivity index (χ1) is 9.50. The molecule has 112 valence electrons. The predicted molar refractivity (Wildman–Crippen MR) is 82.6 cm³/mol. The van der Waals surface area contributed by atoms with Crippen LogP contribution in [0.4, 0.5) is 0 Å². The fourth-order valence-electron chi connectivity index (χ4n) is 2.26. The van der Waals surface area contributed by atoms with E-state index >= 15 is 0 Å². The highest BCUT2D eigenvalue weighted by atomic mass is 35.5. The Balaban J connectivity index is 2.32. The van der Waals surface area contributed by atoms with E-state index in [0.717, 1.165) is 36.8 Å². The van der Waals surface area contributed by atoms with Crippen molar-refractivity contribution in [3.05, 3.63) is 29.3 Å². The van der Waals surface area contributed by atoms with Gasteiger partial charge in [0.1, 0.15) is 0 Å². The molecule has 1 aliphatic carbocycles. The minimum Gasteiger partial charge on any atom is -0.207 e. The SMILES string of the molecule is CCCCN(C1CC1)S(=O)(=O)c1ccc(C)c(CCl)c1. The van der Waals surface area contributed by atoms with Crippen LogP contribution in [0.2, 0.25) is 0 Å². The van der Waals surface area contributed by atoms with Crippen LogP contribution in [0.1, 0.15) is 43.7 Å². The summed E-state index contributed by atoms with van der Waals surface area (Å²) in [6, 6.07) is 5.46. The van der Waals surface area contributed by atoms with Gasteiger partial charge in [0.15, 0.2) is 0 Å². The fourth-order valence-corrected chi connectivity index (χ4v) is 4.33. The molecule has 1 saturated carbocycles. The van der Waals surface area contributed by atoms with Crippen molar-refractivity contribution in [1.29, 1.82) is 0 Å². The second-order valence-corrected chi connectivity index (χ2v) is 7.58. The maximum atomic E-state index is 12.8. The number of sulfonamides is 1. The lowest BCUT2D eigenvalue weighted by Gasteiger charge is -2.22. The minimum absolute atomic E-state index is 0.201. The maximum absolute atomic E-state index is 12.8. The van der Waals surface area contributed by atoms with E-state index in [0.29, 0.717) is 17.3 Å². The van der Waals surface area contributed by atoms with E-state index in [4.69, 9.17) is 11.6 Å². The number of unbranched alkanes of at least 4 members (excludes halogenated alkanes) is 1. The van der Waals surface area contributed by atoms with Crippen molar-refractivity contribution in [2.45, 2.75) is 56.3 Å². The lowest BCUT2D eigenvalue weighted by molar-refractivity contribution is 0.395. The van der Waals surface area contributed by atoms with Crippen molar-refractivity contribution >= 4 is 21.6 Å². The molecule has 0 aliphatic heterocycles. The van der Waals surface area contributed by atoms with Crippen molar-refractivity contribution in [3.63, 3.8) is 0 Å². The van der Waals surface area contributed by atoms with E-state index in [1.165, 1.54) is 0 Å². The van der Waals surface area contributed by atoms with Gasteiger partial charge in [-0.2, -0.15) is 4.31 Å². The van der Waals surface area contributed by atoms with Gasteiger partial charge in [-0.05, 0) is 49.4 Å². The highest BCUT2D eigenvalue weighted by Gasteiger charge is 2.37. The van der Waals surface area contributed by atoms with E-state index in [1.807, 2.05) is 13.0 Å². The van der Waals surface area contributed by atoms with E-state index in [-0.39, 0.29) is 6.04 Å². The molecule has 0 amide bonds. The number of hydrogen-bond acceptors (Lipinski definition) is 2. The van der Waals surface area contributed by atoms with Crippen LogP contribution in [0.25, 0.3) is 0 Å². The van der Waals surface area contributed by atoms with E-state index in [9.17, 15) is 8.42 Å². The molecule has 0 bridgehead atoms. The van der Waals surface area contributed by atoms with Crippen LogP contribution < -0.4 is 0 Å². The summed E-state index contributed by atoms with van der Waals surface area (Å²) < 4.78 is 27.2. The summed E-state index contributed by atoms with van der Waals surface area (Å²) in [7, 11) is -3.38. The molecule has 0 atom stereocenters. The topological polar surface area (TPSA) is 37.4 Å². The molecule has 2 rings (SSSR count). The highest BCUT2D eigenvalue weighted by molar-refractivity contribution is 7.89. The van der Waals surface area contributed by atoms with Crippen molar-refractivity contribution in [2.75, 3.05) is 6.54 Å². The molecule has 5 heteroatoms. The predicted octanol–water partition coefficient (Wildman–Crippen LogP) is 3.69. The fraction of sp³-hybridized carbons (Fsp3) is 0.600. The van der Waals surface area contributed by atoms with E-state index in [1.54, 1.807) is 16.4 Å². The molecule has 0 aromatic heterocycles. The van der Waals surface area contributed by atoms with E-state index < -0.39 is 10.0 Å². The van der Waals surface area contributed by atoms with Gasteiger partial charge in [-0.3, -0.25) is 0 Å². The molecule has 1 fully saturated rings. The Morgan fingerprint density at radius 3 is 2.60 bits per heavy atom. The standard InChI is InChI=1S/C15H22ClNO2S/c1-3-4-9-17(14-6-7-14)20(18,19)15-8-5-12(2)13(10-15)11-16/h5,8,10,14H,3-4,6-7,9,11H2,1-2H3. The molecule has 1 aromatic carbocycles. The monoisotopic (exact) mass is 315 g/mol. The van der Waals surface area contributed by atoms with Gasteiger partial charge in [0.05, 0.1) is 4.90 Å². The van der Waals surface area contributed by atoms with Gasteiger partial charge in [0.25, 0.3) is 0 Å². The van der Waals surface area contributed by atoms with Crippen LogP contribution >= 0.6 is 11.6 Å². The molecule has 1 aliphatic rings. The first-order valence-corrected chi connectivity index (χ1v) is 9.15. The summed E-state index contributed by atoms with van der Waals surface area (Å²) in [6.45, 7) is 4.65. The third-order valence-corrected chi connectivity index (χ3v) is 5.99. The number of aryl methyl sites for hydroxylation is 1. The molecule has 0 unspecified atom stereocenters. The Labute approximate surface area is 127 Å². The van der Waals surface area contributed by atoms with Crippen LogP contribution in [-0.4, -0.2) is 25.3 Å². The quantitative estimate of drug-likeness (QED) is 0.720. The molecule has 0 radical (unpaired) electrons. The summed E-state index contributed by atoms with van der Waals surface area (Å²) in [4.78, 5) is 0.377. The molecule has 0 N–H and O–H groups in total. The molecule has 3 nitrogen and oxygen atoms in total. The van der Waals surface area contributed by atoms with Crippen LogP contribution in [0.15, 0.2) is 23.1 Å². The molecular formula is C15H22ClNO2S. The Morgan fingerprint density at radius 2 is 2.05 bits per heavy atom. The molecule has 1 aromatic rings. The van der Waals surface area contributed by atoms with Gasteiger partial charge in [-0.25, -0.2) is 8.42 Å². The molecule has 0 spiro atoms. The Kier molecular flexibility index (Phi) is 5.10. The average molecular weight is 316 g/mol. The zero-order valence-corrected chi connectivity index (χ0v) is 13.7. The van der Waals surface area contributed by atoms with Crippen molar-refractivity contribution in [3.8, 4) is 0 Å². The number of hydrogen-bond donors (Lipinski definition) is 0. The smallest absolute Gasteiger partial charge is 0.207 e. The molecule has 0 saturated heterocycles. The molecule has 20 heavy (non-hydrogen) atoms. The second-order valence-electron chi connectivity index (χ2n) is 5.42. The Bertz CT molecular complexity index is 567. The third-order valence-electron chi connectivity index (χ3n) is 3.76. The van der Waals surface area contributed by atoms with Gasteiger partial charge >= 0.3 is 0 Å². The van der Waals surface area contributed by atoms with E-state index in [2.05, 4.69) is 6.92 Å². The highest BCUT2D eigenvalue weighted by Crippen LogP contribution is 2.32. The van der Waals surface area contributed by atoms with Crippen LogP contribution in [0, 0.1) is 6.92 Å². The zero-order valence-electron chi connectivity index (χ0n) is 12.1. The van der Waals surface area contributed by atoms with Crippen molar-refractivity contribution in [1.82, 2.24) is 4.31 Å². The Morgan fingerprint density at radius 1 is 1.35 bits per heavy atom. The first-order valence-electron chi connectivity index (χ1n) is 7.18. The lowest BCUT2D eigenvalue weighted by atomic mass is 10.1. The number of benzene rings is 1. The Hall–Kier alpha value is -0.580. The molecular weight excluding hydrogens is 294 g/mol.